The summed E-state index contributed by atoms with van der Waals surface area (Å²) in [5.74, 6) is 0.844. The Morgan fingerprint density at radius 3 is 2.96 bits per heavy atom. The first kappa shape index (κ1) is 17.2. The van der Waals surface area contributed by atoms with Crippen LogP contribution in [0.5, 0.6) is 5.88 Å². The van der Waals surface area contributed by atoms with Gasteiger partial charge in [-0.25, -0.2) is 4.98 Å². The molecule has 0 aliphatic carbocycles. The number of pyridine rings is 1. The number of fused-ring (bicyclic) bond motifs is 1. The zero-order valence-electron chi connectivity index (χ0n) is 14.0. The van der Waals surface area contributed by atoms with E-state index in [0.717, 1.165) is 41.4 Å². The Kier molecular flexibility index (Phi) is 5.36. The number of aromatic nitrogens is 1. The molecule has 1 aromatic carbocycles. The number of hydrogen-bond donors (Lipinski definition) is 0. The minimum atomic E-state index is -0.0407. The van der Waals surface area contributed by atoms with Crippen molar-refractivity contribution in [3.05, 3.63) is 34.8 Å². The average Bonchev–Trinajstić information content (AvgIpc) is 2.58. The summed E-state index contributed by atoms with van der Waals surface area (Å²) in [6, 6.07) is 9.87. The van der Waals surface area contributed by atoms with Gasteiger partial charge in [0.15, 0.2) is 0 Å². The number of amides is 1. The lowest BCUT2D eigenvalue weighted by Crippen LogP contribution is -2.54. The van der Waals surface area contributed by atoms with Crippen molar-refractivity contribution in [2.75, 3.05) is 33.3 Å². The van der Waals surface area contributed by atoms with E-state index in [-0.39, 0.29) is 11.9 Å². The van der Waals surface area contributed by atoms with Crippen LogP contribution in [-0.2, 0) is 4.79 Å². The Labute approximate surface area is 150 Å². The van der Waals surface area contributed by atoms with Gasteiger partial charge in [-0.15, -0.1) is 0 Å². The lowest BCUT2D eigenvalue weighted by atomic mass is 10.2. The molecule has 1 aliphatic heterocycles. The molecule has 24 heavy (non-hydrogen) atoms. The van der Waals surface area contributed by atoms with Crippen LogP contribution >= 0.6 is 15.9 Å². The molecule has 1 aromatic heterocycles. The lowest BCUT2D eigenvalue weighted by molar-refractivity contribution is -0.139. The molecule has 0 N–H and O–H groups in total. The quantitative estimate of drug-likeness (QED) is 0.735. The average molecular weight is 392 g/mol. The fourth-order valence-corrected chi connectivity index (χ4v) is 3.34. The summed E-state index contributed by atoms with van der Waals surface area (Å²) >= 11 is 3.46. The van der Waals surface area contributed by atoms with E-state index in [2.05, 4.69) is 25.8 Å². The number of rotatable bonds is 5. The minimum absolute atomic E-state index is 0.0407. The highest BCUT2D eigenvalue weighted by molar-refractivity contribution is 9.10. The zero-order chi connectivity index (χ0) is 17.1. The Morgan fingerprint density at radius 2 is 2.12 bits per heavy atom. The van der Waals surface area contributed by atoms with Crippen molar-refractivity contribution < 1.29 is 9.53 Å². The van der Waals surface area contributed by atoms with Gasteiger partial charge in [-0.1, -0.05) is 15.9 Å². The van der Waals surface area contributed by atoms with Gasteiger partial charge in [0.25, 0.3) is 0 Å². The third-order valence-electron chi connectivity index (χ3n) is 4.47. The predicted octanol–water partition coefficient (Wildman–Crippen LogP) is 2.93. The molecular weight excluding hydrogens is 370 g/mol. The van der Waals surface area contributed by atoms with Crippen molar-refractivity contribution in [3.63, 3.8) is 0 Å². The Bertz CT molecular complexity index is 737. The number of nitrogens with zero attached hydrogens (tertiary/aromatic N) is 3. The van der Waals surface area contributed by atoms with Gasteiger partial charge >= 0.3 is 0 Å². The molecule has 1 atom stereocenters. The molecule has 1 saturated heterocycles. The molecule has 0 saturated carbocycles. The number of piperazine rings is 1. The van der Waals surface area contributed by atoms with Gasteiger partial charge in [0.2, 0.25) is 11.8 Å². The van der Waals surface area contributed by atoms with E-state index in [4.69, 9.17) is 4.74 Å². The van der Waals surface area contributed by atoms with Crippen LogP contribution in [-0.4, -0.2) is 60.0 Å². The number of ether oxygens (including phenoxy) is 1. The zero-order valence-corrected chi connectivity index (χ0v) is 15.6. The van der Waals surface area contributed by atoms with Gasteiger partial charge in [0.1, 0.15) is 0 Å². The molecule has 2 aromatic rings. The Morgan fingerprint density at radius 1 is 1.29 bits per heavy atom. The fraction of sp³-hybridized carbons (Fsp3) is 0.444. The monoisotopic (exact) mass is 391 g/mol. The van der Waals surface area contributed by atoms with E-state index in [1.807, 2.05) is 44.3 Å². The van der Waals surface area contributed by atoms with E-state index in [0.29, 0.717) is 12.5 Å². The van der Waals surface area contributed by atoms with Crippen LogP contribution in [0.15, 0.2) is 34.8 Å². The van der Waals surface area contributed by atoms with Crippen molar-refractivity contribution in [1.29, 1.82) is 0 Å². The molecule has 128 valence electrons. The van der Waals surface area contributed by atoms with Gasteiger partial charge in [-0.05, 0) is 37.6 Å². The van der Waals surface area contributed by atoms with Crippen LogP contribution in [0.4, 0.5) is 0 Å². The molecule has 0 bridgehead atoms. The van der Waals surface area contributed by atoms with Crippen LogP contribution in [0.3, 0.4) is 0 Å². The topological polar surface area (TPSA) is 45.7 Å². The fourth-order valence-electron chi connectivity index (χ4n) is 2.97. The van der Waals surface area contributed by atoms with Crippen molar-refractivity contribution in [3.8, 4) is 5.88 Å². The number of halogens is 1. The van der Waals surface area contributed by atoms with E-state index in [1.165, 1.54) is 0 Å². The number of benzene rings is 1. The molecular formula is C18H22BrN3O2. The summed E-state index contributed by atoms with van der Waals surface area (Å²) in [6.45, 7) is 5.16. The summed E-state index contributed by atoms with van der Waals surface area (Å²) in [6.07, 6.45) is 0.876. The Hall–Kier alpha value is -1.66. The van der Waals surface area contributed by atoms with Gasteiger partial charge < -0.3 is 9.64 Å². The first-order chi connectivity index (χ1) is 11.5. The lowest BCUT2D eigenvalue weighted by Gasteiger charge is -2.37. The first-order valence-electron chi connectivity index (χ1n) is 8.23. The molecule has 1 amide bonds. The molecule has 1 aliphatic rings. The summed E-state index contributed by atoms with van der Waals surface area (Å²) in [5.41, 5.74) is 0.925. The highest BCUT2D eigenvalue weighted by atomic mass is 79.9. The van der Waals surface area contributed by atoms with Crippen LogP contribution in [0.25, 0.3) is 10.9 Å². The first-order valence-corrected chi connectivity index (χ1v) is 9.02. The van der Waals surface area contributed by atoms with E-state index in [1.54, 1.807) is 4.90 Å². The van der Waals surface area contributed by atoms with Gasteiger partial charge in [0, 0.05) is 42.6 Å². The Balaban J connectivity index is 1.50. The maximum atomic E-state index is 12.0. The number of hydrogen-bond acceptors (Lipinski definition) is 4. The maximum absolute atomic E-state index is 12.0. The minimum Gasteiger partial charge on any atom is -0.478 e. The van der Waals surface area contributed by atoms with Crippen LogP contribution in [0.1, 0.15) is 13.3 Å². The molecule has 0 spiro atoms. The van der Waals surface area contributed by atoms with E-state index in [9.17, 15) is 4.79 Å². The summed E-state index contributed by atoms with van der Waals surface area (Å²) in [4.78, 5) is 20.5. The molecule has 2 heterocycles. The maximum Gasteiger partial charge on any atom is 0.239 e. The van der Waals surface area contributed by atoms with Crippen molar-refractivity contribution in [2.24, 2.45) is 0 Å². The van der Waals surface area contributed by atoms with Crippen LogP contribution in [0.2, 0.25) is 0 Å². The van der Waals surface area contributed by atoms with Crippen molar-refractivity contribution in [1.82, 2.24) is 14.8 Å². The van der Waals surface area contributed by atoms with Gasteiger partial charge in [-0.3, -0.25) is 9.69 Å². The van der Waals surface area contributed by atoms with Gasteiger partial charge in [-0.2, -0.15) is 0 Å². The SMILES string of the molecule is C[C@@H]1C(=O)N(C)CCN1CCCOc1ccc2cc(Br)ccc2n1. The second kappa shape index (κ2) is 7.49. The van der Waals surface area contributed by atoms with Crippen molar-refractivity contribution >= 4 is 32.7 Å². The number of carbonyl (C=O) groups excluding carboxylic acids is 1. The molecule has 5 nitrogen and oxygen atoms in total. The highest BCUT2D eigenvalue weighted by Crippen LogP contribution is 2.21. The summed E-state index contributed by atoms with van der Waals surface area (Å²) in [5, 5.41) is 1.08. The third-order valence-corrected chi connectivity index (χ3v) is 4.96. The molecule has 1 fully saturated rings. The normalized spacial score (nSPS) is 19.0. The largest absolute Gasteiger partial charge is 0.478 e. The smallest absolute Gasteiger partial charge is 0.239 e. The third kappa shape index (κ3) is 3.87. The van der Waals surface area contributed by atoms with Crippen LogP contribution in [0, 0.1) is 0 Å². The predicted molar refractivity (Wildman–Crippen MR) is 98.2 cm³/mol. The molecule has 0 unspecified atom stereocenters. The van der Waals surface area contributed by atoms with E-state index >= 15 is 0 Å². The molecule has 0 radical (unpaired) electrons. The molecule has 3 rings (SSSR count). The second-order valence-corrected chi connectivity index (χ2v) is 7.08. The number of carbonyl (C=O) groups is 1. The standard InChI is InChI=1S/C18H22BrN3O2/c1-13-18(23)21(2)9-10-22(13)8-3-11-24-17-7-4-14-12-15(19)5-6-16(14)20-17/h4-7,12-13H,3,8-11H2,1-2H3/t13-/m1/s1. The second-order valence-electron chi connectivity index (χ2n) is 6.16. The number of likely N-dealkylation sites (N-methyl/N-ethyl adjacent to an activating group) is 1. The van der Waals surface area contributed by atoms with Crippen molar-refractivity contribution in [2.45, 2.75) is 19.4 Å². The van der Waals surface area contributed by atoms with E-state index < -0.39 is 0 Å². The summed E-state index contributed by atoms with van der Waals surface area (Å²) in [7, 11) is 1.86. The van der Waals surface area contributed by atoms with Crippen LogP contribution < -0.4 is 4.74 Å². The van der Waals surface area contributed by atoms with Gasteiger partial charge in [0.05, 0.1) is 18.2 Å². The summed E-state index contributed by atoms with van der Waals surface area (Å²) < 4.78 is 6.82. The highest BCUT2D eigenvalue weighted by Gasteiger charge is 2.28. The molecule has 6 heteroatoms.